The highest BCUT2D eigenvalue weighted by molar-refractivity contribution is 7.99. The molecule has 0 bridgehead atoms. The summed E-state index contributed by atoms with van der Waals surface area (Å²) in [6, 6.07) is 11.2. The Hall–Kier alpha value is -3.31. The minimum atomic E-state index is -4.58. The molecule has 6 rings (SSSR count). The normalized spacial score (nSPS) is 19.2. The number of nitrogens with two attached hydrogens (primary N) is 2. The molecule has 0 unspecified atom stereocenters. The zero-order valence-electron chi connectivity index (χ0n) is 19.2. The third-order valence-electron chi connectivity index (χ3n) is 7.40. The van der Waals surface area contributed by atoms with E-state index >= 15 is 0 Å². The van der Waals surface area contributed by atoms with E-state index in [1.54, 1.807) is 16.8 Å². The Labute approximate surface area is 209 Å². The van der Waals surface area contributed by atoms with Gasteiger partial charge in [-0.05, 0) is 47.9 Å². The van der Waals surface area contributed by atoms with Gasteiger partial charge < -0.3 is 16.4 Å². The van der Waals surface area contributed by atoms with Crippen LogP contribution in [0.4, 0.5) is 24.9 Å². The predicted octanol–water partition coefficient (Wildman–Crippen LogP) is 4.72. The van der Waals surface area contributed by atoms with Gasteiger partial charge in [0.15, 0.2) is 11.3 Å². The number of benzene rings is 1. The number of anilines is 2. The van der Waals surface area contributed by atoms with E-state index in [0.29, 0.717) is 16.5 Å². The number of piperidine rings is 1. The average molecular weight is 512 g/mol. The third-order valence-corrected chi connectivity index (χ3v) is 8.54. The Kier molecular flexibility index (Phi) is 5.38. The van der Waals surface area contributed by atoms with E-state index in [0.717, 1.165) is 50.3 Å². The molecule has 3 aromatic heterocycles. The number of aromatic nitrogens is 4. The van der Waals surface area contributed by atoms with Crippen LogP contribution in [0.5, 0.6) is 0 Å². The van der Waals surface area contributed by atoms with Crippen LogP contribution in [-0.4, -0.2) is 32.4 Å². The minimum absolute atomic E-state index is 0.00299. The van der Waals surface area contributed by atoms with Crippen LogP contribution >= 0.6 is 11.8 Å². The lowest BCUT2D eigenvalue weighted by molar-refractivity contribution is -0.143. The number of alkyl halides is 3. The molecule has 0 radical (unpaired) electrons. The SMILES string of the molecule is Nc1nc(N2CCC3(CC2)Cc2ccccc2[C@H]3N)n2ccnc2c1Sc1cccnc1C(F)(F)F. The van der Waals surface area contributed by atoms with Crippen molar-refractivity contribution >= 4 is 29.2 Å². The summed E-state index contributed by atoms with van der Waals surface area (Å²) in [5.41, 5.74) is 15.1. The molecule has 7 nitrogen and oxygen atoms in total. The van der Waals surface area contributed by atoms with Crippen LogP contribution in [0.1, 0.15) is 35.7 Å². The molecule has 0 saturated carbocycles. The first kappa shape index (κ1) is 23.1. The van der Waals surface area contributed by atoms with Gasteiger partial charge in [0.25, 0.3) is 0 Å². The average Bonchev–Trinajstić information content (AvgIpc) is 3.45. The van der Waals surface area contributed by atoms with Crippen molar-refractivity contribution in [2.45, 2.75) is 41.3 Å². The van der Waals surface area contributed by atoms with Gasteiger partial charge in [-0.1, -0.05) is 36.0 Å². The Balaban J connectivity index is 1.29. The summed E-state index contributed by atoms with van der Waals surface area (Å²) >= 11 is 0.877. The van der Waals surface area contributed by atoms with Gasteiger partial charge in [0, 0.05) is 42.6 Å². The molecule has 1 saturated heterocycles. The Morgan fingerprint density at radius 1 is 1.03 bits per heavy atom. The van der Waals surface area contributed by atoms with Crippen molar-refractivity contribution in [3.8, 4) is 0 Å². The molecule has 2 aliphatic rings. The summed E-state index contributed by atoms with van der Waals surface area (Å²) in [5, 5.41) is 0. The first-order chi connectivity index (χ1) is 17.3. The molecule has 4 heterocycles. The molecule has 4 N–H and O–H groups in total. The van der Waals surface area contributed by atoms with Gasteiger partial charge in [-0.2, -0.15) is 18.2 Å². The molecule has 1 fully saturated rings. The number of halogens is 3. The number of hydrogen-bond donors (Lipinski definition) is 2. The lowest BCUT2D eigenvalue weighted by Crippen LogP contribution is -2.45. The van der Waals surface area contributed by atoms with Crippen molar-refractivity contribution in [1.29, 1.82) is 0 Å². The molecule has 1 aliphatic carbocycles. The second-order valence-corrected chi connectivity index (χ2v) is 10.5. The second kappa shape index (κ2) is 8.38. The maximum Gasteiger partial charge on any atom is 0.434 e. The molecular formula is C25H24F3N7S. The van der Waals surface area contributed by atoms with Crippen LogP contribution in [0, 0.1) is 5.41 Å². The van der Waals surface area contributed by atoms with Crippen LogP contribution in [-0.2, 0) is 12.6 Å². The van der Waals surface area contributed by atoms with Crippen molar-refractivity contribution in [1.82, 2.24) is 19.4 Å². The highest BCUT2D eigenvalue weighted by Gasteiger charge is 2.46. The van der Waals surface area contributed by atoms with Crippen LogP contribution in [0.15, 0.2) is 64.8 Å². The summed E-state index contributed by atoms with van der Waals surface area (Å²) in [7, 11) is 0. The first-order valence-electron chi connectivity index (χ1n) is 11.7. The predicted molar refractivity (Wildman–Crippen MR) is 132 cm³/mol. The van der Waals surface area contributed by atoms with Gasteiger partial charge in [-0.15, -0.1) is 0 Å². The number of rotatable bonds is 3. The van der Waals surface area contributed by atoms with E-state index in [9.17, 15) is 13.2 Å². The summed E-state index contributed by atoms with van der Waals surface area (Å²) in [6.45, 7) is 1.49. The molecule has 1 aromatic carbocycles. The third kappa shape index (κ3) is 3.68. The zero-order chi connectivity index (χ0) is 25.1. The van der Waals surface area contributed by atoms with Gasteiger partial charge in [-0.3, -0.25) is 9.38 Å². The van der Waals surface area contributed by atoms with E-state index in [1.807, 2.05) is 6.07 Å². The molecule has 1 spiro atoms. The number of nitrogens with zero attached hydrogens (tertiary/aromatic N) is 5. The van der Waals surface area contributed by atoms with Crippen molar-refractivity contribution in [3.63, 3.8) is 0 Å². The van der Waals surface area contributed by atoms with Gasteiger partial charge >= 0.3 is 6.18 Å². The largest absolute Gasteiger partial charge is 0.434 e. The maximum absolute atomic E-state index is 13.5. The smallest absolute Gasteiger partial charge is 0.383 e. The number of pyridine rings is 1. The van der Waals surface area contributed by atoms with E-state index in [2.05, 4.69) is 38.1 Å². The summed E-state index contributed by atoms with van der Waals surface area (Å²) in [6.07, 6.45) is 2.69. The summed E-state index contributed by atoms with van der Waals surface area (Å²) in [5.74, 6) is 0.765. The minimum Gasteiger partial charge on any atom is -0.383 e. The molecule has 1 aliphatic heterocycles. The standard InChI is InChI=1S/C25H24F3N7S/c26-25(27,28)20-17(6-3-9-31-20)36-18-21(30)33-23(35-13-10-32-22(18)35)34-11-7-24(8-12-34)14-15-4-1-2-5-16(15)19(24)29/h1-6,9-10,13,19H,7-8,11-12,14,29-30H2/t19-/m1/s1. The fourth-order valence-corrected chi connectivity index (χ4v) is 6.56. The number of hydrogen-bond acceptors (Lipinski definition) is 7. The van der Waals surface area contributed by atoms with E-state index in [1.165, 1.54) is 23.3 Å². The molecule has 186 valence electrons. The van der Waals surface area contributed by atoms with Gasteiger partial charge in [-0.25, -0.2) is 4.98 Å². The lowest BCUT2D eigenvalue weighted by Gasteiger charge is -2.42. The zero-order valence-corrected chi connectivity index (χ0v) is 20.1. The lowest BCUT2D eigenvalue weighted by atomic mass is 9.73. The van der Waals surface area contributed by atoms with E-state index in [-0.39, 0.29) is 22.2 Å². The Morgan fingerprint density at radius 2 is 1.81 bits per heavy atom. The van der Waals surface area contributed by atoms with Crippen LogP contribution in [0.2, 0.25) is 0 Å². The monoisotopic (exact) mass is 511 g/mol. The second-order valence-electron chi connectivity index (χ2n) is 9.40. The highest BCUT2D eigenvalue weighted by atomic mass is 32.2. The first-order valence-corrected chi connectivity index (χ1v) is 12.5. The topological polar surface area (TPSA) is 98.4 Å². The Bertz CT molecular complexity index is 1440. The number of nitrogen functional groups attached to an aromatic ring is 1. The molecule has 36 heavy (non-hydrogen) atoms. The van der Waals surface area contributed by atoms with Crippen LogP contribution < -0.4 is 16.4 Å². The summed E-state index contributed by atoms with van der Waals surface area (Å²) < 4.78 is 42.3. The van der Waals surface area contributed by atoms with Crippen molar-refractivity contribution < 1.29 is 13.2 Å². The van der Waals surface area contributed by atoms with Gasteiger partial charge in [0.1, 0.15) is 5.82 Å². The van der Waals surface area contributed by atoms with Crippen molar-refractivity contribution in [2.75, 3.05) is 23.7 Å². The number of fused-ring (bicyclic) bond motifs is 2. The van der Waals surface area contributed by atoms with E-state index in [4.69, 9.17) is 11.5 Å². The van der Waals surface area contributed by atoms with Gasteiger partial charge in [0.05, 0.1) is 4.90 Å². The van der Waals surface area contributed by atoms with Gasteiger partial charge in [0.2, 0.25) is 5.95 Å². The molecule has 11 heteroatoms. The van der Waals surface area contributed by atoms with Crippen LogP contribution in [0.25, 0.3) is 5.65 Å². The Morgan fingerprint density at radius 3 is 2.56 bits per heavy atom. The molecule has 1 atom stereocenters. The highest BCUT2D eigenvalue weighted by Crippen LogP contribution is 2.51. The maximum atomic E-state index is 13.5. The summed E-state index contributed by atoms with van der Waals surface area (Å²) in [4.78, 5) is 15.0. The molecular weight excluding hydrogens is 487 g/mol. The van der Waals surface area contributed by atoms with Crippen molar-refractivity contribution in [2.24, 2.45) is 11.1 Å². The van der Waals surface area contributed by atoms with Crippen molar-refractivity contribution in [3.05, 3.63) is 71.8 Å². The van der Waals surface area contributed by atoms with E-state index < -0.39 is 11.9 Å². The van der Waals surface area contributed by atoms with Crippen LogP contribution in [0.3, 0.4) is 0 Å². The molecule has 4 aromatic rings. The quantitative estimate of drug-likeness (QED) is 0.411. The fourth-order valence-electron chi connectivity index (χ4n) is 5.53. The number of imidazole rings is 1. The molecule has 0 amide bonds. The fraction of sp³-hybridized carbons (Fsp3) is 0.320.